The molecule has 122 valence electrons. The smallest absolute Gasteiger partial charge is 0.255 e. The summed E-state index contributed by atoms with van der Waals surface area (Å²) in [4.78, 5) is 18.6. The molecule has 0 radical (unpaired) electrons. The lowest BCUT2D eigenvalue weighted by Crippen LogP contribution is -2.35. The van der Waals surface area contributed by atoms with E-state index < -0.39 is 28.8 Å². The Kier molecular flexibility index (Phi) is 4.07. The Bertz CT molecular complexity index is 867. The van der Waals surface area contributed by atoms with Gasteiger partial charge in [0, 0.05) is 42.5 Å². The fourth-order valence-electron chi connectivity index (χ4n) is 2.65. The van der Waals surface area contributed by atoms with Gasteiger partial charge in [-0.05, 0) is 18.6 Å². The molecule has 4 nitrogen and oxygen atoms in total. The average molecular weight is 345 g/mol. The van der Waals surface area contributed by atoms with Crippen molar-refractivity contribution in [1.29, 1.82) is 0 Å². The highest BCUT2D eigenvalue weighted by molar-refractivity contribution is 7.71. The van der Waals surface area contributed by atoms with Crippen molar-refractivity contribution in [1.82, 2.24) is 14.9 Å². The van der Waals surface area contributed by atoms with E-state index >= 15 is 0 Å². The van der Waals surface area contributed by atoms with Gasteiger partial charge in [0.15, 0.2) is 28.0 Å². The number of halogens is 4. The summed E-state index contributed by atoms with van der Waals surface area (Å²) < 4.78 is 54.1. The van der Waals surface area contributed by atoms with Crippen LogP contribution in [0.4, 0.5) is 17.6 Å². The second-order valence-corrected chi connectivity index (χ2v) is 5.68. The molecule has 2 heterocycles. The molecule has 1 aromatic heterocycles. The number of hydrogen-bond acceptors (Lipinski definition) is 3. The van der Waals surface area contributed by atoms with E-state index in [4.69, 9.17) is 12.2 Å². The standard InChI is InChI=1S/C14H11F4N3OS/c15-8-3-9(16)12(18)7(11(8)17)4-21-2-1-6-10(5-21)19-14(23)20-13(6)22/h3H,1-2,4-5H2,(H2,19,20,22,23). The predicted molar refractivity (Wildman–Crippen MR) is 76.3 cm³/mol. The van der Waals surface area contributed by atoms with Crippen LogP contribution < -0.4 is 5.56 Å². The highest BCUT2D eigenvalue weighted by Gasteiger charge is 2.24. The Morgan fingerprint density at radius 2 is 1.78 bits per heavy atom. The molecule has 2 aromatic rings. The minimum Gasteiger partial charge on any atom is -0.334 e. The van der Waals surface area contributed by atoms with Crippen molar-refractivity contribution in [3.63, 3.8) is 0 Å². The maximum Gasteiger partial charge on any atom is 0.255 e. The van der Waals surface area contributed by atoms with Crippen molar-refractivity contribution in [2.45, 2.75) is 19.5 Å². The van der Waals surface area contributed by atoms with Crippen LogP contribution in [0, 0.1) is 28.0 Å². The first-order chi connectivity index (χ1) is 10.9. The first-order valence-electron chi connectivity index (χ1n) is 6.75. The van der Waals surface area contributed by atoms with E-state index in [9.17, 15) is 22.4 Å². The van der Waals surface area contributed by atoms with Crippen LogP contribution >= 0.6 is 12.2 Å². The number of nitrogens with one attached hydrogen (secondary N) is 2. The molecule has 1 aliphatic heterocycles. The van der Waals surface area contributed by atoms with Crippen LogP contribution in [-0.4, -0.2) is 21.4 Å². The zero-order valence-corrected chi connectivity index (χ0v) is 12.5. The molecular weight excluding hydrogens is 334 g/mol. The van der Waals surface area contributed by atoms with Gasteiger partial charge in [0.05, 0.1) is 0 Å². The molecule has 1 aromatic carbocycles. The van der Waals surface area contributed by atoms with Crippen molar-refractivity contribution >= 4 is 12.2 Å². The number of nitrogens with zero attached hydrogens (tertiary/aromatic N) is 1. The maximum atomic E-state index is 13.7. The Morgan fingerprint density at radius 3 is 2.43 bits per heavy atom. The minimum absolute atomic E-state index is 0.143. The number of H-pyrrole nitrogens is 2. The molecule has 9 heteroatoms. The van der Waals surface area contributed by atoms with E-state index in [1.54, 1.807) is 4.90 Å². The van der Waals surface area contributed by atoms with Gasteiger partial charge in [0.1, 0.15) is 0 Å². The number of fused-ring (bicyclic) bond motifs is 1. The van der Waals surface area contributed by atoms with Gasteiger partial charge in [-0.1, -0.05) is 0 Å². The zero-order chi connectivity index (χ0) is 16.7. The predicted octanol–water partition coefficient (Wildman–Crippen LogP) is 2.55. The van der Waals surface area contributed by atoms with Gasteiger partial charge >= 0.3 is 0 Å². The Balaban J connectivity index is 1.92. The third-order valence-corrected chi connectivity index (χ3v) is 3.98. The van der Waals surface area contributed by atoms with E-state index in [0.29, 0.717) is 24.2 Å². The molecule has 2 N–H and O–H groups in total. The van der Waals surface area contributed by atoms with Crippen LogP contribution in [-0.2, 0) is 19.5 Å². The summed E-state index contributed by atoms with van der Waals surface area (Å²) in [6, 6.07) is 0.177. The molecule has 0 amide bonds. The average Bonchev–Trinajstić information content (AvgIpc) is 2.49. The van der Waals surface area contributed by atoms with Crippen LogP contribution in [0.3, 0.4) is 0 Å². The molecule has 1 aliphatic rings. The zero-order valence-electron chi connectivity index (χ0n) is 11.7. The fraction of sp³-hybridized carbons (Fsp3) is 0.286. The van der Waals surface area contributed by atoms with Gasteiger partial charge in [-0.2, -0.15) is 0 Å². The monoisotopic (exact) mass is 345 g/mol. The molecule has 0 fully saturated rings. The highest BCUT2D eigenvalue weighted by atomic mass is 32.1. The number of aromatic nitrogens is 2. The van der Waals surface area contributed by atoms with Crippen molar-refractivity contribution in [2.75, 3.05) is 6.54 Å². The van der Waals surface area contributed by atoms with Gasteiger partial charge in [0.25, 0.3) is 5.56 Å². The molecule has 0 bridgehead atoms. The van der Waals surface area contributed by atoms with E-state index in [2.05, 4.69) is 9.97 Å². The quantitative estimate of drug-likeness (QED) is 0.500. The van der Waals surface area contributed by atoms with Crippen LogP contribution in [0.1, 0.15) is 16.8 Å². The van der Waals surface area contributed by atoms with E-state index in [1.807, 2.05) is 0 Å². The SMILES string of the molecule is O=c1[nH]c(=S)[nH]c2c1CCN(Cc1c(F)c(F)cc(F)c1F)C2. The Labute approximate surface area is 132 Å². The number of rotatable bonds is 2. The van der Waals surface area contributed by atoms with Crippen molar-refractivity contribution in [2.24, 2.45) is 0 Å². The van der Waals surface area contributed by atoms with Gasteiger partial charge in [-0.15, -0.1) is 0 Å². The first kappa shape index (κ1) is 15.9. The van der Waals surface area contributed by atoms with Gasteiger partial charge in [0.2, 0.25) is 0 Å². The fourth-order valence-corrected chi connectivity index (χ4v) is 2.87. The number of hydrogen-bond donors (Lipinski definition) is 2. The second-order valence-electron chi connectivity index (χ2n) is 5.27. The molecule has 3 rings (SSSR count). The largest absolute Gasteiger partial charge is 0.334 e. The molecule has 0 aliphatic carbocycles. The van der Waals surface area contributed by atoms with Crippen LogP contribution in [0.2, 0.25) is 0 Å². The van der Waals surface area contributed by atoms with E-state index in [1.165, 1.54) is 0 Å². The second kappa shape index (κ2) is 5.89. The molecule has 0 spiro atoms. The van der Waals surface area contributed by atoms with Crippen LogP contribution in [0.25, 0.3) is 0 Å². The normalized spacial score (nSPS) is 14.8. The number of aromatic amines is 2. The van der Waals surface area contributed by atoms with E-state index in [-0.39, 0.29) is 29.5 Å². The molecule has 0 saturated heterocycles. The molecule has 23 heavy (non-hydrogen) atoms. The topological polar surface area (TPSA) is 51.9 Å². The van der Waals surface area contributed by atoms with Gasteiger partial charge < -0.3 is 4.98 Å². The summed E-state index contributed by atoms with van der Waals surface area (Å²) in [7, 11) is 0. The molecule has 0 atom stereocenters. The van der Waals surface area contributed by atoms with Crippen molar-refractivity contribution in [3.8, 4) is 0 Å². The molecular formula is C14H11F4N3OS. The third-order valence-electron chi connectivity index (χ3n) is 3.77. The third kappa shape index (κ3) is 2.93. The highest BCUT2D eigenvalue weighted by Crippen LogP contribution is 2.23. The van der Waals surface area contributed by atoms with Gasteiger partial charge in [-0.3, -0.25) is 14.7 Å². The Hall–Kier alpha value is -2.00. The summed E-state index contributed by atoms with van der Waals surface area (Å²) in [5.74, 6) is -5.69. The molecule has 0 unspecified atom stereocenters. The summed E-state index contributed by atoms with van der Waals surface area (Å²) in [5.41, 5.74) is 0.0656. The lowest BCUT2D eigenvalue weighted by Gasteiger charge is -2.28. The summed E-state index contributed by atoms with van der Waals surface area (Å²) >= 11 is 4.88. The Morgan fingerprint density at radius 1 is 1.13 bits per heavy atom. The maximum absolute atomic E-state index is 13.7. The summed E-state index contributed by atoms with van der Waals surface area (Å²) in [6.07, 6.45) is 0.331. The van der Waals surface area contributed by atoms with Gasteiger partial charge in [-0.25, -0.2) is 17.6 Å². The lowest BCUT2D eigenvalue weighted by atomic mass is 10.1. The lowest BCUT2D eigenvalue weighted by molar-refractivity contribution is 0.230. The first-order valence-corrected chi connectivity index (χ1v) is 7.16. The van der Waals surface area contributed by atoms with E-state index in [0.717, 1.165) is 0 Å². The van der Waals surface area contributed by atoms with Crippen molar-refractivity contribution in [3.05, 3.63) is 61.3 Å². The summed E-state index contributed by atoms with van der Waals surface area (Å²) in [5, 5.41) is 0. The van der Waals surface area contributed by atoms with Crippen LogP contribution in [0.5, 0.6) is 0 Å². The minimum atomic E-state index is -1.44. The van der Waals surface area contributed by atoms with Crippen LogP contribution in [0.15, 0.2) is 10.9 Å². The van der Waals surface area contributed by atoms with Crippen molar-refractivity contribution < 1.29 is 17.6 Å². The number of benzene rings is 1. The summed E-state index contributed by atoms with van der Waals surface area (Å²) in [6.45, 7) is 0.163. The molecule has 0 saturated carbocycles.